The largest absolute Gasteiger partial charge is 0.464 e. The lowest BCUT2D eigenvalue weighted by molar-refractivity contribution is -0.106. The van der Waals surface area contributed by atoms with Crippen molar-refractivity contribution in [3.05, 3.63) is 29.8 Å². The second-order valence-electron chi connectivity index (χ2n) is 5.91. The fraction of sp³-hybridized carbons (Fsp3) is 0.500. The molecule has 3 heteroatoms. The van der Waals surface area contributed by atoms with E-state index in [4.69, 9.17) is 9.47 Å². The van der Waals surface area contributed by atoms with Gasteiger partial charge in [-0.15, -0.1) is 5.54 Å². The highest BCUT2D eigenvalue weighted by Gasteiger charge is 2.16. The van der Waals surface area contributed by atoms with Crippen molar-refractivity contribution in [3.8, 4) is 17.2 Å². The van der Waals surface area contributed by atoms with Gasteiger partial charge in [-0.2, -0.15) is 0 Å². The Morgan fingerprint density at radius 2 is 2.00 bits per heavy atom. The van der Waals surface area contributed by atoms with Crippen LogP contribution >= 0.6 is 0 Å². The molecule has 0 unspecified atom stereocenters. The van der Waals surface area contributed by atoms with Crippen molar-refractivity contribution in [1.82, 2.24) is 0 Å². The first kappa shape index (κ1) is 14.2. The molecule has 1 aliphatic heterocycles. The maximum Gasteiger partial charge on any atom is 0.199 e. The minimum Gasteiger partial charge on any atom is -0.464 e. The van der Waals surface area contributed by atoms with E-state index in [1.165, 1.54) is 6.42 Å². The van der Waals surface area contributed by atoms with Gasteiger partial charge in [0.15, 0.2) is 6.29 Å². The van der Waals surface area contributed by atoms with Gasteiger partial charge in [-0.25, -0.2) is 0 Å². The lowest BCUT2D eigenvalue weighted by Crippen LogP contribution is -2.25. The molecule has 0 radical (unpaired) electrons. The second kappa shape index (κ2) is 6.27. The predicted molar refractivity (Wildman–Crippen MR) is 80.9 cm³/mol. The van der Waals surface area contributed by atoms with E-state index >= 15 is 0 Å². The van der Waals surface area contributed by atoms with Crippen molar-refractivity contribution in [1.29, 1.82) is 0 Å². The Balaban J connectivity index is 2.13. The molecule has 0 bridgehead atoms. The Hall–Kier alpha value is -1.24. The monoisotopic (exact) mass is 274 g/mol. The minimum atomic E-state index is -1.36. The molecule has 0 amide bonds. The van der Waals surface area contributed by atoms with Crippen molar-refractivity contribution < 1.29 is 9.47 Å². The average Bonchev–Trinajstić information content (AvgIpc) is 2.38. The van der Waals surface area contributed by atoms with Gasteiger partial charge in [0, 0.05) is 6.42 Å². The van der Waals surface area contributed by atoms with E-state index in [0.29, 0.717) is 0 Å². The van der Waals surface area contributed by atoms with Crippen LogP contribution in [-0.4, -0.2) is 21.0 Å². The van der Waals surface area contributed by atoms with E-state index in [0.717, 1.165) is 30.8 Å². The molecule has 1 heterocycles. The van der Waals surface area contributed by atoms with Crippen molar-refractivity contribution in [2.24, 2.45) is 0 Å². The fourth-order valence-electron chi connectivity index (χ4n) is 1.87. The minimum absolute atomic E-state index is 0.108. The van der Waals surface area contributed by atoms with Gasteiger partial charge in [-0.05, 0) is 25.0 Å². The Labute approximate surface area is 117 Å². The highest BCUT2D eigenvalue weighted by molar-refractivity contribution is 6.83. The molecule has 1 aromatic carbocycles. The van der Waals surface area contributed by atoms with Crippen LogP contribution in [0.15, 0.2) is 24.3 Å². The number of rotatable bonds is 2. The maximum atomic E-state index is 5.94. The van der Waals surface area contributed by atoms with Crippen LogP contribution in [0.2, 0.25) is 19.6 Å². The number of hydrogen-bond acceptors (Lipinski definition) is 2. The lowest BCUT2D eigenvalue weighted by Gasteiger charge is -2.24. The lowest BCUT2D eigenvalue weighted by atomic mass is 10.2. The molecule has 0 aromatic heterocycles. The molecular weight excluding hydrogens is 252 g/mol. The van der Waals surface area contributed by atoms with Crippen LogP contribution in [0.3, 0.4) is 0 Å². The predicted octanol–water partition coefficient (Wildman–Crippen LogP) is 3.82. The number of hydrogen-bond donors (Lipinski definition) is 0. The summed E-state index contributed by atoms with van der Waals surface area (Å²) in [4.78, 5) is 0. The van der Waals surface area contributed by atoms with Crippen molar-refractivity contribution in [3.63, 3.8) is 0 Å². The Morgan fingerprint density at radius 3 is 2.68 bits per heavy atom. The molecular formula is C16H22O2Si. The van der Waals surface area contributed by atoms with Gasteiger partial charge < -0.3 is 9.47 Å². The summed E-state index contributed by atoms with van der Waals surface area (Å²) < 4.78 is 11.6. The zero-order valence-corrected chi connectivity index (χ0v) is 13.0. The van der Waals surface area contributed by atoms with Gasteiger partial charge in [0.1, 0.15) is 13.8 Å². The van der Waals surface area contributed by atoms with Gasteiger partial charge in [0.25, 0.3) is 0 Å². The molecule has 1 aliphatic rings. The number of ether oxygens (including phenoxy) is 2. The van der Waals surface area contributed by atoms with E-state index in [1.54, 1.807) is 0 Å². The zero-order valence-electron chi connectivity index (χ0n) is 12.0. The zero-order chi connectivity index (χ0) is 13.7. The third-order valence-corrected chi connectivity index (χ3v) is 3.73. The molecule has 1 aromatic rings. The molecule has 0 saturated carbocycles. The first-order chi connectivity index (χ1) is 9.04. The summed E-state index contributed by atoms with van der Waals surface area (Å²) in [6, 6.07) is 7.98. The Morgan fingerprint density at radius 1 is 1.21 bits per heavy atom. The number of para-hydroxylation sites is 1. The summed E-state index contributed by atoms with van der Waals surface area (Å²) >= 11 is 0. The molecule has 1 atom stereocenters. The van der Waals surface area contributed by atoms with Gasteiger partial charge in [-0.1, -0.05) is 37.7 Å². The van der Waals surface area contributed by atoms with Crippen LogP contribution in [-0.2, 0) is 4.74 Å². The van der Waals surface area contributed by atoms with E-state index in [1.807, 2.05) is 24.3 Å². The van der Waals surface area contributed by atoms with E-state index in [-0.39, 0.29) is 6.29 Å². The molecule has 19 heavy (non-hydrogen) atoms. The highest BCUT2D eigenvalue weighted by Crippen LogP contribution is 2.22. The summed E-state index contributed by atoms with van der Waals surface area (Å²) in [5.74, 6) is 4.12. The summed E-state index contributed by atoms with van der Waals surface area (Å²) in [7, 11) is -1.36. The van der Waals surface area contributed by atoms with Crippen molar-refractivity contribution in [2.45, 2.75) is 45.2 Å². The Kier molecular flexibility index (Phi) is 4.68. The SMILES string of the molecule is C[Si](C)(C)C#Cc1ccccc1O[C@H]1CCCCO1. The molecule has 0 N–H and O–H groups in total. The van der Waals surface area contributed by atoms with Crippen LogP contribution in [0.25, 0.3) is 0 Å². The average molecular weight is 274 g/mol. The molecule has 1 fully saturated rings. The summed E-state index contributed by atoms with van der Waals surface area (Å²) in [6.45, 7) is 7.53. The smallest absolute Gasteiger partial charge is 0.199 e. The third-order valence-electron chi connectivity index (χ3n) is 2.86. The van der Waals surface area contributed by atoms with E-state index < -0.39 is 8.07 Å². The molecule has 0 aliphatic carbocycles. The normalized spacial score (nSPS) is 19.4. The van der Waals surface area contributed by atoms with Crippen LogP contribution in [0.4, 0.5) is 0 Å². The van der Waals surface area contributed by atoms with E-state index in [2.05, 4.69) is 31.1 Å². The first-order valence-electron chi connectivity index (χ1n) is 6.95. The Bertz CT molecular complexity index is 474. The quantitative estimate of drug-likeness (QED) is 0.603. The van der Waals surface area contributed by atoms with Crippen molar-refractivity contribution in [2.75, 3.05) is 6.61 Å². The fourth-order valence-corrected chi connectivity index (χ4v) is 2.38. The second-order valence-corrected chi connectivity index (χ2v) is 10.7. The van der Waals surface area contributed by atoms with E-state index in [9.17, 15) is 0 Å². The van der Waals surface area contributed by atoms with Crippen LogP contribution in [0.1, 0.15) is 24.8 Å². The van der Waals surface area contributed by atoms with Gasteiger partial charge in [-0.3, -0.25) is 0 Å². The third kappa shape index (κ3) is 4.74. The van der Waals surface area contributed by atoms with Crippen molar-refractivity contribution >= 4 is 8.07 Å². The summed E-state index contributed by atoms with van der Waals surface area (Å²) in [6.07, 6.45) is 3.17. The summed E-state index contributed by atoms with van der Waals surface area (Å²) in [5, 5.41) is 0. The molecule has 0 spiro atoms. The van der Waals surface area contributed by atoms with Gasteiger partial charge >= 0.3 is 0 Å². The molecule has 102 valence electrons. The highest BCUT2D eigenvalue weighted by atomic mass is 28.3. The number of benzene rings is 1. The van der Waals surface area contributed by atoms with Crippen LogP contribution in [0.5, 0.6) is 5.75 Å². The standard InChI is InChI=1S/C16H22O2Si/c1-19(2,3)13-11-14-8-4-5-9-15(14)18-16-10-6-7-12-17-16/h4-5,8-9,16H,6-7,10,12H2,1-3H3/t16-/m0/s1. The molecule has 2 rings (SSSR count). The molecule has 1 saturated heterocycles. The van der Waals surface area contributed by atoms with Gasteiger partial charge in [0.2, 0.25) is 0 Å². The topological polar surface area (TPSA) is 18.5 Å². The summed E-state index contributed by atoms with van der Waals surface area (Å²) in [5.41, 5.74) is 4.36. The van der Waals surface area contributed by atoms with Gasteiger partial charge in [0.05, 0.1) is 12.2 Å². The maximum absolute atomic E-state index is 5.94. The van der Waals surface area contributed by atoms with Crippen LogP contribution in [0, 0.1) is 11.5 Å². The first-order valence-corrected chi connectivity index (χ1v) is 10.4. The molecule has 2 nitrogen and oxygen atoms in total. The van der Waals surface area contributed by atoms with Crippen LogP contribution < -0.4 is 4.74 Å².